The molecule has 0 aliphatic rings. The summed E-state index contributed by atoms with van der Waals surface area (Å²) >= 11 is 5.86. The first-order chi connectivity index (χ1) is 10.2. The van der Waals surface area contributed by atoms with Gasteiger partial charge in [0.15, 0.2) is 0 Å². The van der Waals surface area contributed by atoms with Crippen molar-refractivity contribution >= 4 is 22.4 Å². The minimum Gasteiger partial charge on any atom is -0.382 e. The summed E-state index contributed by atoms with van der Waals surface area (Å²) in [5, 5.41) is 21.9. The first kappa shape index (κ1) is 13.6. The van der Waals surface area contributed by atoms with Crippen LogP contribution in [0.5, 0.6) is 0 Å². The number of hydrogen-bond acceptors (Lipinski definition) is 3. The molecular weight excluding hydrogens is 284 g/mol. The fourth-order valence-electron chi connectivity index (χ4n) is 2.32. The highest BCUT2D eigenvalue weighted by molar-refractivity contribution is 6.30. The zero-order valence-corrected chi connectivity index (χ0v) is 11.7. The number of nitrogens with zero attached hydrogens (tertiary/aromatic N) is 2. The Bertz CT molecular complexity index is 838. The monoisotopic (exact) mass is 294 g/mol. The number of halogens is 1. The van der Waals surface area contributed by atoms with Gasteiger partial charge < -0.3 is 5.11 Å². The first-order valence-electron chi connectivity index (χ1n) is 6.42. The van der Waals surface area contributed by atoms with Gasteiger partial charge in [0, 0.05) is 22.0 Å². The highest BCUT2D eigenvalue weighted by Gasteiger charge is 2.16. The summed E-state index contributed by atoms with van der Waals surface area (Å²) in [4.78, 5) is 4.27. The number of benzene rings is 2. The number of fused-ring (bicyclic) bond motifs is 1. The van der Waals surface area contributed by atoms with Gasteiger partial charge in [0.05, 0.1) is 11.3 Å². The van der Waals surface area contributed by atoms with Gasteiger partial charge >= 0.3 is 0 Å². The van der Waals surface area contributed by atoms with E-state index in [1.807, 2.05) is 24.3 Å². The summed E-state index contributed by atoms with van der Waals surface area (Å²) in [5.41, 5.74) is 1.74. The van der Waals surface area contributed by atoms with Crippen LogP contribution in [0.15, 0.2) is 54.7 Å². The Labute approximate surface area is 127 Å². The van der Waals surface area contributed by atoms with E-state index < -0.39 is 6.10 Å². The van der Waals surface area contributed by atoms with Crippen molar-refractivity contribution in [3.63, 3.8) is 0 Å². The quantitative estimate of drug-likeness (QED) is 0.781. The van der Waals surface area contributed by atoms with E-state index in [9.17, 15) is 5.11 Å². The molecule has 0 saturated heterocycles. The molecule has 3 aromatic rings. The maximum Gasteiger partial charge on any atom is 0.122 e. The largest absolute Gasteiger partial charge is 0.382 e. The van der Waals surface area contributed by atoms with E-state index in [-0.39, 0.29) is 0 Å². The average Bonchev–Trinajstić information content (AvgIpc) is 2.54. The van der Waals surface area contributed by atoms with E-state index in [4.69, 9.17) is 16.9 Å². The van der Waals surface area contributed by atoms with Crippen molar-refractivity contribution in [3.8, 4) is 6.07 Å². The van der Waals surface area contributed by atoms with Gasteiger partial charge in [0.25, 0.3) is 0 Å². The number of hydrogen-bond donors (Lipinski definition) is 1. The van der Waals surface area contributed by atoms with Crippen molar-refractivity contribution in [2.24, 2.45) is 0 Å². The highest BCUT2D eigenvalue weighted by Crippen LogP contribution is 2.29. The number of rotatable bonds is 2. The molecule has 4 heteroatoms. The molecular formula is C17H11ClN2O. The van der Waals surface area contributed by atoms with Crippen molar-refractivity contribution in [3.05, 3.63) is 76.6 Å². The molecule has 1 atom stereocenters. The predicted molar refractivity (Wildman–Crippen MR) is 82.0 cm³/mol. The van der Waals surface area contributed by atoms with Gasteiger partial charge in [-0.2, -0.15) is 5.26 Å². The Morgan fingerprint density at radius 3 is 2.38 bits per heavy atom. The second-order valence-corrected chi connectivity index (χ2v) is 5.11. The smallest absolute Gasteiger partial charge is 0.122 e. The molecule has 102 valence electrons. The van der Waals surface area contributed by atoms with Crippen molar-refractivity contribution in [2.45, 2.75) is 6.10 Å². The molecule has 3 rings (SSSR count). The molecule has 0 spiro atoms. The molecule has 0 radical (unpaired) electrons. The van der Waals surface area contributed by atoms with Gasteiger partial charge in [-0.25, -0.2) is 0 Å². The first-order valence-corrected chi connectivity index (χ1v) is 6.80. The summed E-state index contributed by atoms with van der Waals surface area (Å²) in [6.07, 6.45) is 0.636. The molecule has 0 bridgehead atoms. The van der Waals surface area contributed by atoms with Gasteiger partial charge in [-0.15, -0.1) is 0 Å². The van der Waals surface area contributed by atoms with Crippen LogP contribution in [0.25, 0.3) is 10.8 Å². The van der Waals surface area contributed by atoms with Crippen molar-refractivity contribution in [1.82, 2.24) is 4.98 Å². The van der Waals surface area contributed by atoms with Crippen LogP contribution in [0, 0.1) is 11.3 Å². The van der Waals surface area contributed by atoms with Crippen LogP contribution in [-0.2, 0) is 0 Å². The second-order valence-electron chi connectivity index (χ2n) is 4.67. The van der Waals surface area contributed by atoms with E-state index in [0.29, 0.717) is 21.8 Å². The Kier molecular flexibility index (Phi) is 3.57. The summed E-state index contributed by atoms with van der Waals surface area (Å²) in [5.74, 6) is 0. The number of aromatic nitrogens is 1. The zero-order valence-electron chi connectivity index (χ0n) is 11.0. The lowest BCUT2D eigenvalue weighted by atomic mass is 9.99. The van der Waals surface area contributed by atoms with Crippen LogP contribution in [0.2, 0.25) is 5.02 Å². The summed E-state index contributed by atoms with van der Waals surface area (Å²) in [6, 6.07) is 16.5. The lowest BCUT2D eigenvalue weighted by Crippen LogP contribution is -2.04. The van der Waals surface area contributed by atoms with Crippen molar-refractivity contribution < 1.29 is 5.11 Å². The Hall–Kier alpha value is -2.41. The number of nitriles is 1. The van der Waals surface area contributed by atoms with Gasteiger partial charge in [0.1, 0.15) is 12.2 Å². The minimum absolute atomic E-state index is 0.498. The normalized spacial score (nSPS) is 12.0. The van der Waals surface area contributed by atoms with Crippen LogP contribution >= 0.6 is 11.6 Å². The lowest BCUT2D eigenvalue weighted by Gasteiger charge is -2.13. The standard InChI is InChI=1S/C17H11ClN2O/c18-13-7-5-11(6-8-13)17(21)16-15-4-2-1-3-14(15)12(9-19)10-20-16/h1-8,10,17,21H. The van der Waals surface area contributed by atoms with Gasteiger partial charge in [-0.1, -0.05) is 48.0 Å². The molecule has 0 aliphatic carbocycles. The van der Waals surface area contributed by atoms with Gasteiger partial charge in [-0.05, 0) is 17.7 Å². The van der Waals surface area contributed by atoms with E-state index in [0.717, 1.165) is 10.8 Å². The second kappa shape index (κ2) is 5.53. The number of aliphatic hydroxyl groups excluding tert-OH is 1. The molecule has 0 aliphatic heterocycles. The molecule has 21 heavy (non-hydrogen) atoms. The van der Waals surface area contributed by atoms with Gasteiger partial charge in [-0.3, -0.25) is 4.98 Å². The summed E-state index contributed by atoms with van der Waals surface area (Å²) in [7, 11) is 0. The molecule has 0 amide bonds. The van der Waals surface area contributed by atoms with E-state index in [1.54, 1.807) is 24.3 Å². The van der Waals surface area contributed by atoms with E-state index >= 15 is 0 Å². The van der Waals surface area contributed by atoms with Crippen LogP contribution in [0.1, 0.15) is 22.9 Å². The molecule has 1 aromatic heterocycles. The third-order valence-electron chi connectivity index (χ3n) is 3.39. The predicted octanol–water partition coefficient (Wildman–Crippen LogP) is 3.84. The van der Waals surface area contributed by atoms with Crippen LogP contribution in [0.4, 0.5) is 0 Å². The van der Waals surface area contributed by atoms with E-state index in [1.165, 1.54) is 6.20 Å². The Morgan fingerprint density at radius 1 is 1.05 bits per heavy atom. The maximum atomic E-state index is 10.6. The van der Waals surface area contributed by atoms with Gasteiger partial charge in [0.2, 0.25) is 0 Å². The maximum absolute atomic E-state index is 10.6. The van der Waals surface area contributed by atoms with Crippen LogP contribution in [-0.4, -0.2) is 10.1 Å². The number of aliphatic hydroxyl groups is 1. The fraction of sp³-hybridized carbons (Fsp3) is 0.0588. The summed E-state index contributed by atoms with van der Waals surface area (Å²) in [6.45, 7) is 0. The summed E-state index contributed by atoms with van der Waals surface area (Å²) < 4.78 is 0. The molecule has 1 N–H and O–H groups in total. The van der Waals surface area contributed by atoms with E-state index in [2.05, 4.69) is 11.1 Å². The molecule has 1 unspecified atom stereocenters. The molecule has 0 fully saturated rings. The third-order valence-corrected chi connectivity index (χ3v) is 3.64. The molecule has 3 nitrogen and oxygen atoms in total. The SMILES string of the molecule is N#Cc1cnc(C(O)c2ccc(Cl)cc2)c2ccccc12. The Balaban J connectivity index is 2.17. The van der Waals surface area contributed by atoms with Crippen LogP contribution < -0.4 is 0 Å². The fourth-order valence-corrected chi connectivity index (χ4v) is 2.45. The van der Waals surface area contributed by atoms with Crippen molar-refractivity contribution in [1.29, 1.82) is 5.26 Å². The van der Waals surface area contributed by atoms with Crippen molar-refractivity contribution in [2.75, 3.05) is 0 Å². The topological polar surface area (TPSA) is 56.9 Å². The lowest BCUT2D eigenvalue weighted by molar-refractivity contribution is 0.217. The van der Waals surface area contributed by atoms with Crippen LogP contribution in [0.3, 0.4) is 0 Å². The zero-order chi connectivity index (χ0) is 14.8. The third kappa shape index (κ3) is 2.47. The minimum atomic E-state index is -0.861. The Morgan fingerprint density at radius 2 is 1.71 bits per heavy atom. The highest BCUT2D eigenvalue weighted by atomic mass is 35.5. The number of pyridine rings is 1. The molecule has 1 heterocycles. The molecule has 0 saturated carbocycles. The molecule has 2 aromatic carbocycles. The average molecular weight is 295 g/mol.